The number of hydrogen-bond acceptors (Lipinski definition) is 4. The third-order valence-electron chi connectivity index (χ3n) is 2.93. The Balaban J connectivity index is 2.02. The highest BCUT2D eigenvalue weighted by atomic mass is 32.1. The van der Waals surface area contributed by atoms with Crippen LogP contribution >= 0.6 is 11.3 Å². The summed E-state index contributed by atoms with van der Waals surface area (Å²) in [7, 11) is 1.69. The van der Waals surface area contributed by atoms with Crippen LogP contribution in [0.25, 0.3) is 0 Å². The number of rotatable bonds is 3. The summed E-state index contributed by atoms with van der Waals surface area (Å²) in [6, 6.07) is 2.19. The lowest BCUT2D eigenvalue weighted by Crippen LogP contribution is -2.26. The fraction of sp³-hybridized carbons (Fsp3) is 0.636. The van der Waals surface area contributed by atoms with Crippen LogP contribution in [0.4, 0.5) is 0 Å². The fourth-order valence-corrected chi connectivity index (χ4v) is 2.87. The second-order valence-electron chi connectivity index (χ2n) is 3.86. The van der Waals surface area contributed by atoms with Gasteiger partial charge in [0, 0.05) is 29.5 Å². The third kappa shape index (κ3) is 2.51. The van der Waals surface area contributed by atoms with Gasteiger partial charge in [-0.15, -0.1) is 11.3 Å². The highest BCUT2D eigenvalue weighted by Gasteiger charge is 2.23. The van der Waals surface area contributed by atoms with Gasteiger partial charge in [-0.2, -0.15) is 0 Å². The van der Waals surface area contributed by atoms with Crippen molar-refractivity contribution in [2.45, 2.75) is 18.9 Å². The molecule has 0 spiro atoms. The number of nitrogens with two attached hydrogens (primary N) is 1. The molecule has 0 radical (unpaired) electrons. The molecule has 1 aliphatic heterocycles. The zero-order valence-corrected chi connectivity index (χ0v) is 9.76. The van der Waals surface area contributed by atoms with Crippen molar-refractivity contribution in [3.8, 4) is 5.75 Å². The predicted octanol–water partition coefficient (Wildman–Crippen LogP) is 2.18. The molecular weight excluding hydrogens is 210 g/mol. The molecule has 1 atom stereocenters. The molecule has 3 nitrogen and oxygen atoms in total. The van der Waals surface area contributed by atoms with Crippen LogP contribution in [0.5, 0.6) is 5.75 Å². The van der Waals surface area contributed by atoms with Crippen molar-refractivity contribution in [3.63, 3.8) is 0 Å². The molecule has 1 aromatic rings. The van der Waals surface area contributed by atoms with Crippen molar-refractivity contribution >= 4 is 11.3 Å². The van der Waals surface area contributed by atoms with E-state index in [2.05, 4.69) is 0 Å². The Kier molecular flexibility index (Phi) is 3.61. The standard InChI is InChI=1S/C11H17NO2S/c1-13-9-6-10(15-7-9)11(12)8-2-4-14-5-3-8/h6-8,11H,2-5,12H2,1H3. The summed E-state index contributed by atoms with van der Waals surface area (Å²) in [6.07, 6.45) is 2.14. The van der Waals surface area contributed by atoms with E-state index < -0.39 is 0 Å². The van der Waals surface area contributed by atoms with Crippen LogP contribution in [-0.4, -0.2) is 20.3 Å². The van der Waals surface area contributed by atoms with Crippen molar-refractivity contribution in [3.05, 3.63) is 16.3 Å². The number of methoxy groups -OCH3 is 1. The first-order valence-corrected chi connectivity index (χ1v) is 6.15. The molecule has 84 valence electrons. The summed E-state index contributed by atoms with van der Waals surface area (Å²) in [5, 5.41) is 2.01. The van der Waals surface area contributed by atoms with Crippen LogP contribution in [0.15, 0.2) is 11.4 Å². The second-order valence-corrected chi connectivity index (χ2v) is 4.81. The normalized spacial score (nSPS) is 20.1. The summed E-state index contributed by atoms with van der Waals surface area (Å²) in [5.74, 6) is 1.47. The third-order valence-corrected chi connectivity index (χ3v) is 3.95. The highest BCUT2D eigenvalue weighted by molar-refractivity contribution is 7.10. The molecule has 1 unspecified atom stereocenters. The van der Waals surface area contributed by atoms with Gasteiger partial charge < -0.3 is 15.2 Å². The van der Waals surface area contributed by atoms with E-state index in [1.165, 1.54) is 4.88 Å². The highest BCUT2D eigenvalue weighted by Crippen LogP contribution is 2.33. The average molecular weight is 227 g/mol. The Hall–Kier alpha value is -0.580. The summed E-state index contributed by atoms with van der Waals surface area (Å²) in [5.41, 5.74) is 6.24. The Morgan fingerprint density at radius 2 is 2.27 bits per heavy atom. The van der Waals surface area contributed by atoms with E-state index in [1.807, 2.05) is 11.4 Å². The van der Waals surface area contributed by atoms with Gasteiger partial charge in [0.15, 0.2) is 0 Å². The zero-order chi connectivity index (χ0) is 10.7. The maximum atomic E-state index is 6.24. The molecule has 1 aliphatic rings. The quantitative estimate of drug-likeness (QED) is 0.860. The van der Waals surface area contributed by atoms with E-state index in [1.54, 1.807) is 18.4 Å². The van der Waals surface area contributed by atoms with Crippen molar-refractivity contribution in [1.82, 2.24) is 0 Å². The van der Waals surface area contributed by atoms with Gasteiger partial charge in [-0.05, 0) is 24.8 Å². The summed E-state index contributed by atoms with van der Waals surface area (Å²) < 4.78 is 10.5. The van der Waals surface area contributed by atoms with Gasteiger partial charge in [0.25, 0.3) is 0 Å². The largest absolute Gasteiger partial charge is 0.496 e. The first kappa shape index (κ1) is 10.9. The first-order valence-electron chi connectivity index (χ1n) is 5.27. The van der Waals surface area contributed by atoms with E-state index in [9.17, 15) is 0 Å². The van der Waals surface area contributed by atoms with Crippen LogP contribution < -0.4 is 10.5 Å². The monoisotopic (exact) mass is 227 g/mol. The molecule has 4 heteroatoms. The molecular formula is C11H17NO2S. The number of thiophene rings is 1. The van der Waals surface area contributed by atoms with Crippen molar-refractivity contribution in [2.75, 3.05) is 20.3 Å². The molecule has 1 saturated heterocycles. The topological polar surface area (TPSA) is 44.5 Å². The molecule has 1 aromatic heterocycles. The van der Waals surface area contributed by atoms with E-state index in [0.717, 1.165) is 31.8 Å². The number of ether oxygens (including phenoxy) is 2. The lowest BCUT2D eigenvalue weighted by Gasteiger charge is -2.26. The van der Waals surface area contributed by atoms with Crippen LogP contribution in [0.2, 0.25) is 0 Å². The maximum Gasteiger partial charge on any atom is 0.129 e. The Morgan fingerprint density at radius 1 is 1.53 bits per heavy atom. The molecule has 2 heterocycles. The van der Waals surface area contributed by atoms with Gasteiger partial charge in [-0.1, -0.05) is 0 Å². The minimum Gasteiger partial charge on any atom is -0.496 e. The summed E-state index contributed by atoms with van der Waals surface area (Å²) in [4.78, 5) is 1.22. The predicted molar refractivity (Wildman–Crippen MR) is 61.3 cm³/mol. The number of hydrogen-bond donors (Lipinski definition) is 1. The van der Waals surface area contributed by atoms with Crippen LogP contribution in [0, 0.1) is 5.92 Å². The van der Waals surface area contributed by atoms with E-state index in [4.69, 9.17) is 15.2 Å². The molecule has 15 heavy (non-hydrogen) atoms. The summed E-state index contributed by atoms with van der Waals surface area (Å²) >= 11 is 1.69. The Labute approximate surface area is 94.2 Å². The zero-order valence-electron chi connectivity index (χ0n) is 8.94. The van der Waals surface area contributed by atoms with E-state index in [0.29, 0.717) is 5.92 Å². The molecule has 2 N–H and O–H groups in total. The van der Waals surface area contributed by atoms with E-state index >= 15 is 0 Å². The van der Waals surface area contributed by atoms with Crippen LogP contribution in [0.3, 0.4) is 0 Å². The van der Waals surface area contributed by atoms with Crippen molar-refractivity contribution < 1.29 is 9.47 Å². The van der Waals surface area contributed by atoms with Gasteiger partial charge in [0.2, 0.25) is 0 Å². The smallest absolute Gasteiger partial charge is 0.129 e. The lowest BCUT2D eigenvalue weighted by molar-refractivity contribution is 0.0587. The summed E-state index contributed by atoms with van der Waals surface area (Å²) in [6.45, 7) is 1.70. The van der Waals surface area contributed by atoms with Gasteiger partial charge >= 0.3 is 0 Å². The Bertz CT molecular complexity index is 307. The van der Waals surface area contributed by atoms with Crippen LogP contribution in [-0.2, 0) is 4.74 Å². The van der Waals surface area contributed by atoms with E-state index in [-0.39, 0.29) is 6.04 Å². The SMILES string of the molecule is COc1csc(C(N)C2CCOCC2)c1. The van der Waals surface area contributed by atoms with Gasteiger partial charge in [-0.25, -0.2) is 0 Å². The minimum absolute atomic E-state index is 0.141. The molecule has 0 saturated carbocycles. The maximum absolute atomic E-state index is 6.24. The van der Waals surface area contributed by atoms with Crippen LogP contribution in [0.1, 0.15) is 23.8 Å². The first-order chi connectivity index (χ1) is 7.31. The molecule has 0 bridgehead atoms. The molecule has 0 amide bonds. The minimum atomic E-state index is 0.141. The second kappa shape index (κ2) is 4.96. The molecule has 1 fully saturated rings. The molecule has 2 rings (SSSR count). The van der Waals surface area contributed by atoms with Gasteiger partial charge in [0.05, 0.1) is 7.11 Å². The lowest BCUT2D eigenvalue weighted by atomic mass is 9.91. The fourth-order valence-electron chi connectivity index (χ4n) is 1.92. The van der Waals surface area contributed by atoms with Gasteiger partial charge in [0.1, 0.15) is 5.75 Å². The average Bonchev–Trinajstić information content (AvgIpc) is 2.78. The molecule has 0 aromatic carbocycles. The van der Waals surface area contributed by atoms with Crippen molar-refractivity contribution in [1.29, 1.82) is 0 Å². The molecule has 0 aliphatic carbocycles. The van der Waals surface area contributed by atoms with Crippen molar-refractivity contribution in [2.24, 2.45) is 11.7 Å². The van der Waals surface area contributed by atoms with Gasteiger partial charge in [-0.3, -0.25) is 0 Å². The Morgan fingerprint density at radius 3 is 2.87 bits per heavy atom.